The minimum Gasteiger partial charge on any atom is -0.352 e. The van der Waals surface area contributed by atoms with Crippen molar-refractivity contribution in [3.63, 3.8) is 0 Å². The zero-order valence-corrected chi connectivity index (χ0v) is 9.91. The number of hydrogen-bond donors (Lipinski definition) is 2. The summed E-state index contributed by atoms with van der Waals surface area (Å²) in [5.41, 5.74) is 0. The SMILES string of the molecule is CC(C(=O)NC1CC1)N1CC2CNCC2C1. The quantitative estimate of drug-likeness (QED) is 0.697. The standard InChI is InChI=1S/C12H21N3O/c1-8(12(16)14-11-2-3-11)15-6-9-4-13-5-10(9)7-15/h8-11,13H,2-7H2,1H3,(H,14,16). The van der Waals surface area contributed by atoms with Gasteiger partial charge in [0, 0.05) is 19.1 Å². The van der Waals surface area contributed by atoms with Gasteiger partial charge in [-0.3, -0.25) is 9.69 Å². The molecular weight excluding hydrogens is 202 g/mol. The molecule has 2 N–H and O–H groups in total. The average Bonchev–Trinajstić information content (AvgIpc) is 2.81. The average molecular weight is 223 g/mol. The number of nitrogens with one attached hydrogen (secondary N) is 2. The molecule has 1 aliphatic carbocycles. The second-order valence-electron chi connectivity index (χ2n) is 5.59. The molecule has 4 nitrogen and oxygen atoms in total. The van der Waals surface area contributed by atoms with Crippen molar-refractivity contribution in [2.75, 3.05) is 26.2 Å². The second kappa shape index (κ2) is 4.00. The van der Waals surface area contributed by atoms with Crippen LogP contribution in [0.25, 0.3) is 0 Å². The topological polar surface area (TPSA) is 44.4 Å². The predicted octanol–water partition coefficient (Wildman–Crippen LogP) is -0.195. The van der Waals surface area contributed by atoms with Gasteiger partial charge < -0.3 is 10.6 Å². The molecule has 1 amide bonds. The largest absolute Gasteiger partial charge is 0.352 e. The summed E-state index contributed by atoms with van der Waals surface area (Å²) in [5.74, 6) is 1.78. The Kier molecular flexibility index (Phi) is 2.64. The Morgan fingerprint density at radius 2 is 1.94 bits per heavy atom. The normalized spacial score (nSPS) is 36.1. The molecule has 2 aliphatic heterocycles. The van der Waals surface area contributed by atoms with Gasteiger partial charge in [-0.1, -0.05) is 0 Å². The lowest BCUT2D eigenvalue weighted by atomic mass is 10.0. The zero-order valence-electron chi connectivity index (χ0n) is 9.91. The molecule has 3 rings (SSSR count). The number of amides is 1. The summed E-state index contributed by atoms with van der Waals surface area (Å²) in [6.45, 7) is 6.51. The second-order valence-corrected chi connectivity index (χ2v) is 5.59. The van der Waals surface area contributed by atoms with E-state index in [1.165, 1.54) is 12.8 Å². The molecular formula is C12H21N3O. The Labute approximate surface area is 96.8 Å². The Bertz CT molecular complexity index is 278. The first kappa shape index (κ1) is 10.5. The van der Waals surface area contributed by atoms with Gasteiger partial charge in [0.05, 0.1) is 6.04 Å². The highest BCUT2D eigenvalue weighted by Crippen LogP contribution is 2.28. The van der Waals surface area contributed by atoms with Gasteiger partial charge in [0.2, 0.25) is 5.91 Å². The number of fused-ring (bicyclic) bond motifs is 1. The van der Waals surface area contributed by atoms with E-state index in [9.17, 15) is 4.79 Å². The first-order valence-electron chi connectivity index (χ1n) is 6.49. The van der Waals surface area contributed by atoms with E-state index in [1.807, 2.05) is 6.92 Å². The highest BCUT2D eigenvalue weighted by Gasteiger charge is 2.39. The van der Waals surface area contributed by atoms with Gasteiger partial charge >= 0.3 is 0 Å². The molecule has 3 fully saturated rings. The van der Waals surface area contributed by atoms with Gasteiger partial charge in [0.25, 0.3) is 0 Å². The van der Waals surface area contributed by atoms with Crippen molar-refractivity contribution in [1.82, 2.24) is 15.5 Å². The maximum absolute atomic E-state index is 11.9. The first-order chi connectivity index (χ1) is 7.74. The molecule has 0 aromatic heterocycles. The summed E-state index contributed by atoms with van der Waals surface area (Å²) in [6.07, 6.45) is 2.35. The molecule has 3 atom stereocenters. The summed E-state index contributed by atoms with van der Waals surface area (Å²) < 4.78 is 0. The summed E-state index contributed by atoms with van der Waals surface area (Å²) in [5, 5.41) is 6.53. The molecule has 2 saturated heterocycles. The van der Waals surface area contributed by atoms with Crippen LogP contribution in [0.1, 0.15) is 19.8 Å². The number of rotatable bonds is 3. The van der Waals surface area contributed by atoms with Crippen molar-refractivity contribution in [1.29, 1.82) is 0 Å². The van der Waals surface area contributed by atoms with Crippen LogP contribution in [0.15, 0.2) is 0 Å². The lowest BCUT2D eigenvalue weighted by molar-refractivity contribution is -0.125. The van der Waals surface area contributed by atoms with E-state index in [-0.39, 0.29) is 11.9 Å². The fourth-order valence-corrected chi connectivity index (χ4v) is 2.92. The number of carbonyl (C=O) groups excluding carboxylic acids is 1. The van der Waals surface area contributed by atoms with Gasteiger partial charge in [-0.25, -0.2) is 0 Å². The van der Waals surface area contributed by atoms with Gasteiger partial charge in [-0.05, 0) is 44.7 Å². The number of likely N-dealkylation sites (tertiary alicyclic amines) is 1. The summed E-state index contributed by atoms with van der Waals surface area (Å²) in [4.78, 5) is 14.3. The molecule has 0 aromatic carbocycles. The van der Waals surface area contributed by atoms with E-state index in [1.54, 1.807) is 0 Å². The van der Waals surface area contributed by atoms with E-state index >= 15 is 0 Å². The van der Waals surface area contributed by atoms with Gasteiger partial charge in [-0.2, -0.15) is 0 Å². The van der Waals surface area contributed by atoms with Crippen LogP contribution in [0, 0.1) is 11.8 Å². The van der Waals surface area contributed by atoms with Crippen molar-refractivity contribution < 1.29 is 4.79 Å². The smallest absolute Gasteiger partial charge is 0.237 e. The van der Waals surface area contributed by atoms with E-state index in [2.05, 4.69) is 15.5 Å². The van der Waals surface area contributed by atoms with Crippen molar-refractivity contribution in [2.24, 2.45) is 11.8 Å². The zero-order chi connectivity index (χ0) is 11.1. The highest BCUT2D eigenvalue weighted by molar-refractivity contribution is 5.81. The van der Waals surface area contributed by atoms with Crippen LogP contribution < -0.4 is 10.6 Å². The highest BCUT2D eigenvalue weighted by atomic mass is 16.2. The molecule has 1 saturated carbocycles. The minimum absolute atomic E-state index is 0.0613. The van der Waals surface area contributed by atoms with E-state index < -0.39 is 0 Å². The van der Waals surface area contributed by atoms with Crippen molar-refractivity contribution in [2.45, 2.75) is 31.8 Å². The van der Waals surface area contributed by atoms with Crippen LogP contribution in [0.3, 0.4) is 0 Å². The number of hydrogen-bond acceptors (Lipinski definition) is 3. The molecule has 0 bridgehead atoms. The Morgan fingerprint density at radius 3 is 2.50 bits per heavy atom. The minimum atomic E-state index is 0.0613. The lowest BCUT2D eigenvalue weighted by Crippen LogP contribution is -2.45. The number of carbonyl (C=O) groups is 1. The fraction of sp³-hybridized carbons (Fsp3) is 0.917. The van der Waals surface area contributed by atoms with E-state index in [4.69, 9.17) is 0 Å². The van der Waals surface area contributed by atoms with Crippen LogP contribution >= 0.6 is 0 Å². The van der Waals surface area contributed by atoms with Crippen LogP contribution in [-0.4, -0.2) is 49.1 Å². The first-order valence-corrected chi connectivity index (χ1v) is 6.49. The Balaban J connectivity index is 1.54. The van der Waals surface area contributed by atoms with Gasteiger partial charge in [0.1, 0.15) is 0 Å². The van der Waals surface area contributed by atoms with Gasteiger partial charge in [0.15, 0.2) is 0 Å². The molecule has 90 valence electrons. The van der Waals surface area contributed by atoms with E-state index in [0.29, 0.717) is 6.04 Å². The molecule has 3 unspecified atom stereocenters. The summed E-state index contributed by atoms with van der Waals surface area (Å²) >= 11 is 0. The predicted molar refractivity (Wildman–Crippen MR) is 62.0 cm³/mol. The third kappa shape index (κ3) is 1.96. The molecule has 2 heterocycles. The molecule has 16 heavy (non-hydrogen) atoms. The van der Waals surface area contributed by atoms with E-state index in [0.717, 1.165) is 38.0 Å². The lowest BCUT2D eigenvalue weighted by Gasteiger charge is -2.24. The molecule has 4 heteroatoms. The third-order valence-corrected chi connectivity index (χ3v) is 4.27. The molecule has 0 spiro atoms. The fourth-order valence-electron chi connectivity index (χ4n) is 2.92. The van der Waals surface area contributed by atoms with Crippen molar-refractivity contribution >= 4 is 5.91 Å². The Morgan fingerprint density at radius 1 is 1.31 bits per heavy atom. The molecule has 3 aliphatic rings. The summed E-state index contributed by atoms with van der Waals surface area (Å²) in [6, 6.07) is 0.546. The number of nitrogens with zero attached hydrogens (tertiary/aromatic N) is 1. The van der Waals surface area contributed by atoms with Crippen LogP contribution in [-0.2, 0) is 4.79 Å². The Hall–Kier alpha value is -0.610. The van der Waals surface area contributed by atoms with Gasteiger partial charge in [-0.15, -0.1) is 0 Å². The third-order valence-electron chi connectivity index (χ3n) is 4.27. The maximum Gasteiger partial charge on any atom is 0.237 e. The summed E-state index contributed by atoms with van der Waals surface area (Å²) in [7, 11) is 0. The van der Waals surface area contributed by atoms with Crippen LogP contribution in [0.4, 0.5) is 0 Å². The maximum atomic E-state index is 11.9. The molecule has 0 aromatic rings. The van der Waals surface area contributed by atoms with Crippen molar-refractivity contribution in [3.05, 3.63) is 0 Å². The van der Waals surface area contributed by atoms with Crippen LogP contribution in [0.5, 0.6) is 0 Å². The van der Waals surface area contributed by atoms with Crippen molar-refractivity contribution in [3.8, 4) is 0 Å². The van der Waals surface area contributed by atoms with Crippen LogP contribution in [0.2, 0.25) is 0 Å². The molecule has 0 radical (unpaired) electrons. The monoisotopic (exact) mass is 223 g/mol.